The van der Waals surface area contributed by atoms with Crippen LogP contribution in [0.1, 0.15) is 111 Å². The Balaban J connectivity index is 0.000000567. The van der Waals surface area contributed by atoms with Crippen LogP contribution in [0.2, 0.25) is 0 Å². The van der Waals surface area contributed by atoms with Gasteiger partial charge in [-0.1, -0.05) is 72.6 Å². The van der Waals surface area contributed by atoms with Gasteiger partial charge in [-0.2, -0.15) is 0 Å². The van der Waals surface area contributed by atoms with Gasteiger partial charge in [-0.15, -0.1) is 0 Å². The quantitative estimate of drug-likeness (QED) is 0.303. The van der Waals surface area contributed by atoms with E-state index in [-0.39, 0.29) is 6.04 Å². The summed E-state index contributed by atoms with van der Waals surface area (Å²) in [4.78, 5) is 0. The van der Waals surface area contributed by atoms with Crippen LogP contribution in [0.4, 0.5) is 0 Å². The van der Waals surface area contributed by atoms with Crippen LogP contribution < -0.4 is 4.72 Å². The Bertz CT molecular complexity index is 411. The molecule has 0 saturated heterocycles. The summed E-state index contributed by atoms with van der Waals surface area (Å²) in [5, 5.41) is 0. The van der Waals surface area contributed by atoms with E-state index in [4.69, 9.17) is 0 Å². The van der Waals surface area contributed by atoms with E-state index in [1.165, 1.54) is 82.0 Å². The minimum Gasteiger partial charge on any atom is -0.735 e. The second kappa shape index (κ2) is 16.6. The highest BCUT2D eigenvalue weighted by Crippen LogP contribution is 2.18. The number of hydrogen-bond donors (Lipinski definition) is 1. The first-order valence-corrected chi connectivity index (χ1v) is 13.3. The van der Waals surface area contributed by atoms with Crippen LogP contribution in [0.15, 0.2) is 0 Å². The largest absolute Gasteiger partial charge is 0.735 e. The molecular formula is C22H48N2O3S. The molecule has 6 heteroatoms. The van der Waals surface area contributed by atoms with Gasteiger partial charge in [-0.05, 0) is 38.5 Å². The van der Waals surface area contributed by atoms with Crippen molar-refractivity contribution in [2.24, 2.45) is 0 Å². The Morgan fingerprint density at radius 1 is 0.750 bits per heavy atom. The third-order valence-corrected chi connectivity index (χ3v) is 6.48. The lowest BCUT2D eigenvalue weighted by Crippen LogP contribution is -2.50. The molecular weight excluding hydrogens is 372 g/mol. The second-order valence-corrected chi connectivity index (χ2v) is 9.70. The van der Waals surface area contributed by atoms with Crippen molar-refractivity contribution >= 4 is 10.3 Å². The maximum atomic E-state index is 10.2. The molecule has 0 unspecified atom stereocenters. The van der Waals surface area contributed by atoms with Gasteiger partial charge in [0.2, 0.25) is 0 Å². The minimum atomic E-state index is -4.22. The fourth-order valence-electron chi connectivity index (χ4n) is 4.07. The zero-order valence-electron chi connectivity index (χ0n) is 19.2. The standard InChI is InChI=1S/C16H36N.C6H13NO3S/c1-5-9-13-17(14-10-6-2,15-11-7-3)16-12-8-4;8-11(9,10)7-6-4-2-1-3-5-6/h5-16H2,1-4H3;6-7H,1-5H2,(H,8,9,10)/q+1;/p-1. The van der Waals surface area contributed by atoms with Gasteiger partial charge in [0.25, 0.3) is 0 Å². The lowest BCUT2D eigenvalue weighted by Gasteiger charge is -2.39. The third kappa shape index (κ3) is 14.8. The monoisotopic (exact) mass is 420 g/mol. The van der Waals surface area contributed by atoms with Crippen LogP contribution in [0, 0.1) is 0 Å². The number of nitrogens with one attached hydrogen (secondary N) is 1. The van der Waals surface area contributed by atoms with E-state index in [2.05, 4.69) is 32.4 Å². The Hall–Kier alpha value is -0.170. The topological polar surface area (TPSA) is 69.2 Å². The van der Waals surface area contributed by atoms with Crippen molar-refractivity contribution in [3.8, 4) is 0 Å². The van der Waals surface area contributed by atoms with Crippen molar-refractivity contribution in [3.05, 3.63) is 0 Å². The highest BCUT2D eigenvalue weighted by atomic mass is 32.2. The van der Waals surface area contributed by atoms with Crippen molar-refractivity contribution in [2.75, 3.05) is 26.2 Å². The fraction of sp³-hybridized carbons (Fsp3) is 1.00. The molecule has 1 aliphatic carbocycles. The molecule has 170 valence electrons. The van der Waals surface area contributed by atoms with Gasteiger partial charge in [0, 0.05) is 6.04 Å². The van der Waals surface area contributed by atoms with Crippen LogP contribution >= 0.6 is 0 Å². The van der Waals surface area contributed by atoms with Crippen LogP contribution in [0.3, 0.4) is 0 Å². The van der Waals surface area contributed by atoms with E-state index in [0.717, 1.165) is 32.1 Å². The van der Waals surface area contributed by atoms with Crippen molar-refractivity contribution in [3.63, 3.8) is 0 Å². The molecule has 0 heterocycles. The molecule has 1 saturated carbocycles. The summed E-state index contributed by atoms with van der Waals surface area (Å²) in [6.45, 7) is 15.0. The highest BCUT2D eigenvalue weighted by molar-refractivity contribution is 7.83. The normalized spacial score (nSPS) is 15.9. The molecule has 0 aromatic carbocycles. The van der Waals surface area contributed by atoms with Gasteiger partial charge in [0.05, 0.1) is 26.2 Å². The Labute approximate surface area is 176 Å². The average molecular weight is 421 g/mol. The Morgan fingerprint density at radius 3 is 1.39 bits per heavy atom. The Morgan fingerprint density at radius 2 is 1.11 bits per heavy atom. The summed E-state index contributed by atoms with van der Waals surface area (Å²) in [7, 11) is -4.22. The van der Waals surface area contributed by atoms with Crippen molar-refractivity contribution < 1.29 is 17.5 Å². The lowest BCUT2D eigenvalue weighted by molar-refractivity contribution is -0.929. The van der Waals surface area contributed by atoms with Crippen molar-refractivity contribution in [2.45, 2.75) is 117 Å². The van der Waals surface area contributed by atoms with E-state index in [1.54, 1.807) is 0 Å². The summed E-state index contributed by atoms with van der Waals surface area (Å²) in [6.07, 6.45) is 15.9. The zero-order chi connectivity index (χ0) is 21.3. The van der Waals surface area contributed by atoms with Crippen molar-refractivity contribution in [1.29, 1.82) is 0 Å². The third-order valence-electron chi connectivity index (χ3n) is 5.86. The van der Waals surface area contributed by atoms with E-state index in [9.17, 15) is 13.0 Å². The van der Waals surface area contributed by atoms with Gasteiger partial charge in [0.1, 0.15) is 0 Å². The molecule has 28 heavy (non-hydrogen) atoms. The Kier molecular flexibility index (Phi) is 16.5. The molecule has 1 fully saturated rings. The molecule has 1 rings (SSSR count). The highest BCUT2D eigenvalue weighted by Gasteiger charge is 2.24. The molecule has 0 atom stereocenters. The average Bonchev–Trinajstić information content (AvgIpc) is 2.67. The predicted octanol–water partition coefficient (Wildman–Crippen LogP) is 5.37. The van der Waals surface area contributed by atoms with Crippen LogP contribution in [-0.2, 0) is 10.3 Å². The first-order chi connectivity index (χ1) is 13.3. The molecule has 0 aliphatic heterocycles. The fourth-order valence-corrected chi connectivity index (χ4v) is 4.71. The maximum absolute atomic E-state index is 10.2. The van der Waals surface area contributed by atoms with E-state index < -0.39 is 10.3 Å². The summed E-state index contributed by atoms with van der Waals surface area (Å²) in [5.41, 5.74) is 0. The van der Waals surface area contributed by atoms with E-state index in [1.807, 2.05) is 0 Å². The summed E-state index contributed by atoms with van der Waals surface area (Å²) >= 11 is 0. The van der Waals surface area contributed by atoms with Gasteiger partial charge in [-0.3, -0.25) is 0 Å². The summed E-state index contributed by atoms with van der Waals surface area (Å²) in [5.74, 6) is 0. The number of nitrogens with zero attached hydrogens (tertiary/aromatic N) is 1. The molecule has 0 radical (unpaired) electrons. The van der Waals surface area contributed by atoms with Crippen molar-refractivity contribution in [1.82, 2.24) is 4.72 Å². The zero-order valence-corrected chi connectivity index (χ0v) is 20.0. The second-order valence-electron chi connectivity index (χ2n) is 8.56. The number of unbranched alkanes of at least 4 members (excludes halogenated alkanes) is 4. The SMILES string of the molecule is CCCC[N+](CCCC)(CCCC)CCCC.O=S(=O)([O-])NC1CCCCC1. The molecule has 0 amide bonds. The van der Waals surface area contributed by atoms with E-state index >= 15 is 0 Å². The van der Waals surface area contributed by atoms with Gasteiger partial charge < -0.3 is 9.04 Å². The molecule has 5 nitrogen and oxygen atoms in total. The van der Waals surface area contributed by atoms with E-state index in [0.29, 0.717) is 0 Å². The number of hydrogen-bond acceptors (Lipinski definition) is 3. The first-order valence-electron chi connectivity index (χ1n) is 11.9. The van der Waals surface area contributed by atoms with Crippen LogP contribution in [0.5, 0.6) is 0 Å². The lowest BCUT2D eigenvalue weighted by atomic mass is 9.96. The number of quaternary nitrogens is 1. The van der Waals surface area contributed by atoms with Gasteiger partial charge in [-0.25, -0.2) is 13.1 Å². The summed E-state index contributed by atoms with van der Waals surface area (Å²) < 4.78 is 34.2. The first kappa shape index (κ1) is 27.8. The van der Waals surface area contributed by atoms with Crippen LogP contribution in [0.25, 0.3) is 0 Å². The number of rotatable bonds is 14. The molecule has 1 aliphatic rings. The summed E-state index contributed by atoms with van der Waals surface area (Å²) in [6, 6.07) is -0.105. The maximum Gasteiger partial charge on any atom is 0.159 e. The predicted molar refractivity (Wildman–Crippen MR) is 119 cm³/mol. The molecule has 0 spiro atoms. The molecule has 0 aromatic heterocycles. The molecule has 0 aromatic rings. The smallest absolute Gasteiger partial charge is 0.159 e. The molecule has 1 N–H and O–H groups in total. The van der Waals surface area contributed by atoms with Crippen LogP contribution in [-0.4, -0.2) is 49.7 Å². The minimum absolute atomic E-state index is 0.105. The van der Waals surface area contributed by atoms with Gasteiger partial charge >= 0.3 is 0 Å². The molecule has 0 bridgehead atoms. The van der Waals surface area contributed by atoms with Gasteiger partial charge in [0.15, 0.2) is 10.3 Å².